The van der Waals surface area contributed by atoms with Crippen LogP contribution in [0.2, 0.25) is 0 Å². The molecule has 1 aromatic carbocycles. The normalized spacial score (nSPS) is 13.9. The van der Waals surface area contributed by atoms with E-state index in [0.29, 0.717) is 17.9 Å². The standard InChI is InChI=1S/C17H18FNO3/c1-11-5-6-14(18)12-4-3-8-19(16(11)12)10-15-13(7-9-22-15)17(20)21-2/h5-7,9H,3-4,8,10H2,1-2H3. The summed E-state index contributed by atoms with van der Waals surface area (Å²) in [4.78, 5) is 13.8. The van der Waals surface area contributed by atoms with Gasteiger partial charge in [-0.25, -0.2) is 9.18 Å². The monoisotopic (exact) mass is 303 g/mol. The van der Waals surface area contributed by atoms with E-state index >= 15 is 0 Å². The SMILES string of the molecule is COC(=O)c1ccoc1CN1CCCc2c(F)ccc(C)c21. The molecular formula is C17H18FNO3. The Balaban J connectivity index is 1.95. The molecule has 0 radical (unpaired) electrons. The van der Waals surface area contributed by atoms with Gasteiger partial charge in [0, 0.05) is 17.8 Å². The average Bonchev–Trinajstić information content (AvgIpc) is 2.98. The van der Waals surface area contributed by atoms with Gasteiger partial charge in [-0.05, 0) is 37.5 Å². The van der Waals surface area contributed by atoms with E-state index in [1.54, 1.807) is 12.1 Å². The molecule has 22 heavy (non-hydrogen) atoms. The summed E-state index contributed by atoms with van der Waals surface area (Å²) in [5, 5.41) is 0. The molecule has 3 rings (SSSR count). The third kappa shape index (κ3) is 2.47. The number of hydrogen-bond donors (Lipinski definition) is 0. The lowest BCUT2D eigenvalue weighted by Crippen LogP contribution is -2.30. The molecule has 0 bridgehead atoms. The number of ether oxygens (including phenoxy) is 1. The molecule has 5 heteroatoms. The summed E-state index contributed by atoms with van der Waals surface area (Å²) in [6.07, 6.45) is 3.09. The first kappa shape index (κ1) is 14.6. The van der Waals surface area contributed by atoms with Crippen LogP contribution in [0.4, 0.5) is 10.1 Å². The summed E-state index contributed by atoms with van der Waals surface area (Å²) < 4.78 is 24.2. The van der Waals surface area contributed by atoms with Crippen LogP contribution in [0, 0.1) is 12.7 Å². The highest BCUT2D eigenvalue weighted by molar-refractivity contribution is 5.90. The first-order chi connectivity index (χ1) is 10.6. The van der Waals surface area contributed by atoms with Crippen LogP contribution in [-0.2, 0) is 17.7 Å². The lowest BCUT2D eigenvalue weighted by atomic mass is 9.97. The van der Waals surface area contributed by atoms with Crippen LogP contribution in [0.1, 0.15) is 33.7 Å². The number of methoxy groups -OCH3 is 1. The summed E-state index contributed by atoms with van der Waals surface area (Å²) in [7, 11) is 1.34. The minimum atomic E-state index is -0.419. The van der Waals surface area contributed by atoms with E-state index in [0.717, 1.165) is 36.2 Å². The zero-order valence-electron chi connectivity index (χ0n) is 12.7. The first-order valence-electron chi connectivity index (χ1n) is 7.29. The second kappa shape index (κ2) is 5.83. The number of nitrogens with zero attached hydrogens (tertiary/aromatic N) is 1. The lowest BCUT2D eigenvalue weighted by molar-refractivity contribution is 0.0598. The molecule has 4 nitrogen and oxygen atoms in total. The minimum absolute atomic E-state index is 0.169. The highest BCUT2D eigenvalue weighted by atomic mass is 19.1. The average molecular weight is 303 g/mol. The molecule has 0 spiro atoms. The zero-order valence-corrected chi connectivity index (χ0v) is 12.7. The van der Waals surface area contributed by atoms with E-state index < -0.39 is 5.97 Å². The van der Waals surface area contributed by atoms with Crippen molar-refractivity contribution in [3.05, 3.63) is 52.7 Å². The van der Waals surface area contributed by atoms with Gasteiger partial charge in [0.2, 0.25) is 0 Å². The third-order valence-electron chi connectivity index (χ3n) is 4.08. The van der Waals surface area contributed by atoms with Crippen molar-refractivity contribution >= 4 is 11.7 Å². The van der Waals surface area contributed by atoms with Crippen molar-refractivity contribution in [1.29, 1.82) is 0 Å². The van der Waals surface area contributed by atoms with Gasteiger partial charge in [-0.3, -0.25) is 0 Å². The molecule has 2 heterocycles. The second-order valence-electron chi connectivity index (χ2n) is 5.47. The number of carbonyl (C=O) groups excluding carboxylic acids is 1. The molecule has 0 atom stereocenters. The van der Waals surface area contributed by atoms with Crippen molar-refractivity contribution in [1.82, 2.24) is 0 Å². The van der Waals surface area contributed by atoms with Crippen LogP contribution in [0.15, 0.2) is 28.9 Å². The summed E-state index contributed by atoms with van der Waals surface area (Å²) in [6.45, 7) is 3.20. The van der Waals surface area contributed by atoms with E-state index in [2.05, 4.69) is 4.90 Å². The molecular weight excluding hydrogens is 285 g/mol. The Labute approximate surface area is 128 Å². The van der Waals surface area contributed by atoms with E-state index in [1.165, 1.54) is 19.4 Å². The van der Waals surface area contributed by atoms with Crippen molar-refractivity contribution in [2.24, 2.45) is 0 Å². The molecule has 0 saturated heterocycles. The van der Waals surface area contributed by atoms with Crippen LogP contribution < -0.4 is 4.90 Å². The predicted octanol–water partition coefficient (Wildman–Crippen LogP) is 3.47. The Morgan fingerprint density at radius 1 is 1.41 bits per heavy atom. The Bertz CT molecular complexity index is 708. The number of anilines is 1. The van der Waals surface area contributed by atoms with Gasteiger partial charge in [0.1, 0.15) is 17.1 Å². The Morgan fingerprint density at radius 2 is 2.23 bits per heavy atom. The van der Waals surface area contributed by atoms with Gasteiger partial charge in [-0.2, -0.15) is 0 Å². The number of fused-ring (bicyclic) bond motifs is 1. The van der Waals surface area contributed by atoms with Gasteiger partial charge in [0.15, 0.2) is 0 Å². The Kier molecular flexibility index (Phi) is 3.88. The van der Waals surface area contributed by atoms with E-state index in [9.17, 15) is 9.18 Å². The second-order valence-corrected chi connectivity index (χ2v) is 5.47. The van der Waals surface area contributed by atoms with Gasteiger partial charge in [0.25, 0.3) is 0 Å². The van der Waals surface area contributed by atoms with Gasteiger partial charge in [-0.1, -0.05) is 6.07 Å². The molecule has 2 aromatic rings. The summed E-state index contributed by atoms with van der Waals surface area (Å²) in [5.41, 5.74) is 3.11. The van der Waals surface area contributed by atoms with Crippen molar-refractivity contribution < 1.29 is 18.3 Å². The van der Waals surface area contributed by atoms with Crippen LogP contribution in [0.3, 0.4) is 0 Å². The van der Waals surface area contributed by atoms with Gasteiger partial charge in [-0.15, -0.1) is 0 Å². The Hall–Kier alpha value is -2.30. The number of aryl methyl sites for hydroxylation is 1. The number of esters is 1. The minimum Gasteiger partial charge on any atom is -0.467 e. The van der Waals surface area contributed by atoms with E-state index in [4.69, 9.17) is 9.15 Å². The fourth-order valence-electron chi connectivity index (χ4n) is 3.05. The van der Waals surface area contributed by atoms with Crippen molar-refractivity contribution in [2.75, 3.05) is 18.6 Å². The maximum Gasteiger partial charge on any atom is 0.341 e. The topological polar surface area (TPSA) is 42.7 Å². The summed E-state index contributed by atoms with van der Waals surface area (Å²) in [5.74, 6) is -0.0433. The zero-order chi connectivity index (χ0) is 15.7. The maximum atomic E-state index is 14.0. The number of halogens is 1. The Morgan fingerprint density at radius 3 is 3.00 bits per heavy atom. The summed E-state index contributed by atoms with van der Waals surface area (Å²) >= 11 is 0. The predicted molar refractivity (Wildman–Crippen MR) is 80.6 cm³/mol. The fourth-order valence-corrected chi connectivity index (χ4v) is 3.05. The molecule has 0 amide bonds. The van der Waals surface area contributed by atoms with E-state index in [-0.39, 0.29) is 5.82 Å². The number of benzene rings is 1. The maximum absolute atomic E-state index is 14.0. The molecule has 0 aliphatic carbocycles. The molecule has 1 aliphatic heterocycles. The molecule has 0 fully saturated rings. The van der Waals surface area contributed by atoms with Crippen LogP contribution >= 0.6 is 0 Å². The molecule has 1 aromatic heterocycles. The quantitative estimate of drug-likeness (QED) is 0.814. The smallest absolute Gasteiger partial charge is 0.341 e. The first-order valence-corrected chi connectivity index (χ1v) is 7.29. The number of hydrogen-bond acceptors (Lipinski definition) is 4. The third-order valence-corrected chi connectivity index (χ3v) is 4.08. The number of rotatable bonds is 3. The van der Waals surface area contributed by atoms with Crippen LogP contribution in [-0.4, -0.2) is 19.6 Å². The van der Waals surface area contributed by atoms with Crippen molar-refractivity contribution in [3.8, 4) is 0 Å². The van der Waals surface area contributed by atoms with Gasteiger partial charge in [0.05, 0.1) is 19.9 Å². The van der Waals surface area contributed by atoms with Gasteiger partial charge >= 0.3 is 5.97 Å². The molecule has 0 saturated carbocycles. The van der Waals surface area contributed by atoms with Crippen molar-refractivity contribution in [3.63, 3.8) is 0 Å². The molecule has 0 unspecified atom stereocenters. The van der Waals surface area contributed by atoms with E-state index in [1.807, 2.05) is 6.92 Å². The van der Waals surface area contributed by atoms with Crippen LogP contribution in [0.25, 0.3) is 0 Å². The molecule has 116 valence electrons. The van der Waals surface area contributed by atoms with Crippen LogP contribution in [0.5, 0.6) is 0 Å². The largest absolute Gasteiger partial charge is 0.467 e. The van der Waals surface area contributed by atoms with Gasteiger partial charge < -0.3 is 14.1 Å². The highest BCUT2D eigenvalue weighted by Gasteiger charge is 2.25. The molecule has 1 aliphatic rings. The highest BCUT2D eigenvalue weighted by Crippen LogP contribution is 2.34. The summed E-state index contributed by atoms with van der Waals surface area (Å²) in [6, 6.07) is 4.91. The lowest BCUT2D eigenvalue weighted by Gasteiger charge is -2.32. The number of carbonyl (C=O) groups is 1. The number of furan rings is 1. The molecule has 0 N–H and O–H groups in total. The fraction of sp³-hybridized carbons (Fsp3) is 0.353. The van der Waals surface area contributed by atoms with Crippen molar-refractivity contribution in [2.45, 2.75) is 26.3 Å².